The molecule has 0 amide bonds. The Morgan fingerprint density at radius 2 is 0.712 bits per heavy atom. The number of rotatable bonds is 53. The van der Waals surface area contributed by atoms with Crippen LogP contribution in [0.25, 0.3) is 0 Å². The van der Waals surface area contributed by atoms with Gasteiger partial charge in [0.1, 0.15) is 11.5 Å². The highest BCUT2D eigenvalue weighted by atomic mass is 16.5. The van der Waals surface area contributed by atoms with E-state index in [4.69, 9.17) is 14.2 Å². The van der Waals surface area contributed by atoms with Crippen LogP contribution >= 0.6 is 0 Å². The Labute approximate surface area is 454 Å². The molecule has 0 bridgehead atoms. The van der Waals surface area contributed by atoms with Crippen molar-refractivity contribution < 1.29 is 28.9 Å². The molecular formula is C67H124O6. The molecule has 0 saturated carbocycles. The number of benzene rings is 1. The van der Waals surface area contributed by atoms with Crippen molar-refractivity contribution in [3.8, 4) is 11.5 Å². The largest absolute Gasteiger partial charge is 0.508 e. The van der Waals surface area contributed by atoms with Gasteiger partial charge in [0, 0.05) is 24.0 Å². The van der Waals surface area contributed by atoms with Gasteiger partial charge in [0.2, 0.25) is 0 Å². The Balaban J connectivity index is 2.20. The van der Waals surface area contributed by atoms with Crippen LogP contribution in [0, 0.1) is 11.8 Å². The fraction of sp³-hybridized carbons (Fsp3) is 0.881. The maximum Gasteiger partial charge on any atom is 0.305 e. The fourth-order valence-corrected chi connectivity index (χ4v) is 11.0. The van der Waals surface area contributed by atoms with E-state index in [2.05, 4.69) is 61.5 Å². The molecule has 0 fully saturated rings. The normalized spacial score (nSPS) is 12.8. The van der Waals surface area contributed by atoms with Crippen LogP contribution in [0.2, 0.25) is 0 Å². The highest BCUT2D eigenvalue weighted by Crippen LogP contribution is 2.44. The molecule has 1 N–H and O–H groups in total. The average Bonchev–Trinajstić information content (AvgIpc) is 3.35. The Morgan fingerprint density at radius 3 is 1.01 bits per heavy atom. The van der Waals surface area contributed by atoms with Crippen molar-refractivity contribution >= 4 is 11.9 Å². The first-order chi connectivity index (χ1) is 35.3. The summed E-state index contributed by atoms with van der Waals surface area (Å²) in [7, 11) is 1.74. The van der Waals surface area contributed by atoms with Gasteiger partial charge in [-0.15, -0.1) is 0 Å². The van der Waals surface area contributed by atoms with E-state index in [1.807, 2.05) is 6.07 Å². The van der Waals surface area contributed by atoms with Crippen LogP contribution in [0.4, 0.5) is 0 Å². The molecule has 1 aromatic rings. The minimum absolute atomic E-state index is 0.0392. The van der Waals surface area contributed by atoms with Crippen LogP contribution in [0.5, 0.6) is 11.5 Å². The van der Waals surface area contributed by atoms with E-state index < -0.39 is 0 Å². The third kappa shape index (κ3) is 38.0. The highest BCUT2D eigenvalue weighted by Gasteiger charge is 2.30. The molecule has 6 nitrogen and oxygen atoms in total. The number of ether oxygens (including phenoxy) is 3. The van der Waals surface area contributed by atoms with Gasteiger partial charge in [-0.25, -0.2) is 0 Å². The molecule has 0 aliphatic heterocycles. The van der Waals surface area contributed by atoms with Gasteiger partial charge in [-0.3, -0.25) is 9.59 Å². The summed E-state index contributed by atoms with van der Waals surface area (Å²) in [5.74, 6) is 2.05. The van der Waals surface area contributed by atoms with E-state index in [-0.39, 0.29) is 22.8 Å². The third-order valence-corrected chi connectivity index (χ3v) is 16.5. The lowest BCUT2D eigenvalue weighted by molar-refractivity contribution is -0.145. The molecule has 2 atom stereocenters. The van der Waals surface area contributed by atoms with Gasteiger partial charge in [-0.2, -0.15) is 0 Å². The summed E-state index contributed by atoms with van der Waals surface area (Å²) in [6, 6.07) is 4.03. The molecule has 73 heavy (non-hydrogen) atoms. The number of esters is 2. The maximum atomic E-state index is 12.4. The molecule has 0 aliphatic rings. The molecule has 6 heteroatoms. The number of carbonyl (C=O) groups is 2. The van der Waals surface area contributed by atoms with Crippen molar-refractivity contribution in [2.45, 2.75) is 349 Å². The van der Waals surface area contributed by atoms with Gasteiger partial charge < -0.3 is 19.3 Å². The van der Waals surface area contributed by atoms with E-state index in [9.17, 15) is 14.7 Å². The highest BCUT2D eigenvalue weighted by molar-refractivity contribution is 5.69. The smallest absolute Gasteiger partial charge is 0.305 e. The minimum atomic E-state index is -0.219. The lowest BCUT2D eigenvalue weighted by Crippen LogP contribution is -2.22. The fourth-order valence-electron chi connectivity index (χ4n) is 11.0. The zero-order valence-electron chi connectivity index (χ0n) is 50.3. The van der Waals surface area contributed by atoms with E-state index >= 15 is 0 Å². The van der Waals surface area contributed by atoms with Gasteiger partial charge in [-0.1, -0.05) is 287 Å². The van der Waals surface area contributed by atoms with E-state index in [0.29, 0.717) is 43.6 Å². The molecule has 0 aromatic heterocycles. The number of phenolic OH excluding ortho intramolecular Hbond substituents is 1. The first kappa shape index (κ1) is 68.8. The number of methoxy groups -OCH3 is 1. The minimum Gasteiger partial charge on any atom is -0.508 e. The van der Waals surface area contributed by atoms with Gasteiger partial charge in [-0.05, 0) is 73.3 Å². The van der Waals surface area contributed by atoms with Crippen molar-refractivity contribution in [1.82, 2.24) is 0 Å². The van der Waals surface area contributed by atoms with Gasteiger partial charge in [0.15, 0.2) is 0 Å². The van der Waals surface area contributed by atoms with Crippen molar-refractivity contribution in [3.05, 3.63) is 23.3 Å². The summed E-state index contributed by atoms with van der Waals surface area (Å²) in [4.78, 5) is 24.8. The molecule has 0 spiro atoms. The second-order valence-electron chi connectivity index (χ2n) is 24.7. The summed E-state index contributed by atoms with van der Waals surface area (Å²) in [5.41, 5.74) is 1.59. The summed E-state index contributed by atoms with van der Waals surface area (Å²) >= 11 is 0. The van der Waals surface area contributed by atoms with Gasteiger partial charge in [0.25, 0.3) is 0 Å². The Bertz CT molecular complexity index is 1430. The van der Waals surface area contributed by atoms with E-state index in [1.165, 1.54) is 193 Å². The Hall–Kier alpha value is -2.24. The zero-order valence-corrected chi connectivity index (χ0v) is 50.3. The molecular weight excluding hydrogens is 901 g/mol. The average molecular weight is 1030 g/mol. The predicted octanol–water partition coefficient (Wildman–Crippen LogP) is 21.5. The number of hydrogen-bond acceptors (Lipinski definition) is 6. The number of hydrogen-bond donors (Lipinski definition) is 1. The lowest BCUT2D eigenvalue weighted by atomic mass is 9.75. The topological polar surface area (TPSA) is 82.1 Å². The van der Waals surface area contributed by atoms with Crippen LogP contribution in [0.15, 0.2) is 12.1 Å². The van der Waals surface area contributed by atoms with Crippen LogP contribution in [-0.2, 0) is 29.9 Å². The first-order valence-electron chi connectivity index (χ1n) is 32.0. The van der Waals surface area contributed by atoms with Crippen LogP contribution in [0.3, 0.4) is 0 Å². The standard InChI is InChI=1S/C67H124O6/c1-10-12-14-16-18-20-22-24-26-28-30-32-34-36-38-40-42-48-64(69)72-54-50-58(3)46-44-52-66(5,6)60-57-63(71-9)61(56-62(60)68)67(7,8)53-45-47-59(4)51-55-73-65(70)49-43-41-39-37-35-33-31-29-27-25-23-21-19-17-15-13-11-2/h56-59,68H,10-55H2,1-9H3. The Kier molecular flexibility index (Phi) is 43.3. The molecule has 0 radical (unpaired) electrons. The van der Waals surface area contributed by atoms with Crippen LogP contribution in [0.1, 0.15) is 349 Å². The molecule has 2 unspecified atom stereocenters. The number of carbonyl (C=O) groups excluding carboxylic acids is 2. The molecule has 428 valence electrons. The predicted molar refractivity (Wildman–Crippen MR) is 315 cm³/mol. The monoisotopic (exact) mass is 1020 g/mol. The summed E-state index contributed by atoms with van der Waals surface area (Å²) in [5, 5.41) is 11.5. The van der Waals surface area contributed by atoms with Crippen molar-refractivity contribution in [1.29, 1.82) is 0 Å². The van der Waals surface area contributed by atoms with Gasteiger partial charge >= 0.3 is 11.9 Å². The second kappa shape index (κ2) is 45.9. The van der Waals surface area contributed by atoms with Crippen LogP contribution < -0.4 is 4.74 Å². The quantitative estimate of drug-likeness (QED) is 0.0517. The summed E-state index contributed by atoms with van der Waals surface area (Å²) in [6.45, 7) is 19.1. The maximum absolute atomic E-state index is 12.4. The SMILES string of the molecule is CCCCCCCCCCCCCCCCCCCC(=O)OCCC(C)CCCC(C)(C)c1cc(OC)c(C(C)(C)CCCC(C)CCOC(=O)CCCCCCCCCCCCCCCCCCC)cc1O. The number of aromatic hydroxyl groups is 1. The third-order valence-electron chi connectivity index (χ3n) is 16.5. The van der Waals surface area contributed by atoms with E-state index in [1.54, 1.807) is 7.11 Å². The Morgan fingerprint density at radius 1 is 0.425 bits per heavy atom. The second-order valence-corrected chi connectivity index (χ2v) is 24.7. The van der Waals surface area contributed by atoms with E-state index in [0.717, 1.165) is 93.9 Å². The zero-order chi connectivity index (χ0) is 53.7. The molecule has 1 rings (SSSR count). The van der Waals surface area contributed by atoms with Gasteiger partial charge in [0.05, 0.1) is 20.3 Å². The summed E-state index contributed by atoms with van der Waals surface area (Å²) in [6.07, 6.45) is 54.6. The summed E-state index contributed by atoms with van der Waals surface area (Å²) < 4.78 is 17.3. The number of unbranched alkanes of at least 4 members (excludes halogenated alkanes) is 32. The lowest BCUT2D eigenvalue weighted by Gasteiger charge is -2.32. The molecule has 0 aliphatic carbocycles. The van der Waals surface area contributed by atoms with Crippen molar-refractivity contribution in [2.24, 2.45) is 11.8 Å². The molecule has 0 saturated heterocycles. The van der Waals surface area contributed by atoms with Crippen molar-refractivity contribution in [3.63, 3.8) is 0 Å². The molecule has 0 heterocycles. The van der Waals surface area contributed by atoms with Crippen LogP contribution in [-0.4, -0.2) is 37.4 Å². The van der Waals surface area contributed by atoms with Crippen molar-refractivity contribution in [2.75, 3.05) is 20.3 Å². The first-order valence-corrected chi connectivity index (χ1v) is 32.0. The number of phenols is 1. The molecule has 1 aromatic carbocycles.